The summed E-state index contributed by atoms with van der Waals surface area (Å²) in [7, 11) is 6.19. The largest absolute Gasteiger partial charge is 0.494 e. The summed E-state index contributed by atoms with van der Waals surface area (Å²) in [5, 5.41) is 20.7. The number of aliphatic carboxylic acids is 1. The smallest absolute Gasteiger partial charge is 0.307 e. The molecule has 0 radical (unpaired) electrons. The number of aromatic amines is 1. The molecule has 0 saturated carbocycles. The molecule has 0 amide bonds. The van der Waals surface area contributed by atoms with Gasteiger partial charge < -0.3 is 25.0 Å². The molecule has 0 saturated heterocycles. The molecule has 0 unspecified atom stereocenters. The van der Waals surface area contributed by atoms with Gasteiger partial charge in [-0.2, -0.15) is 0 Å². The van der Waals surface area contributed by atoms with Gasteiger partial charge in [-0.05, 0) is 68.7 Å². The molecule has 1 aromatic heterocycles. The van der Waals surface area contributed by atoms with Crippen molar-refractivity contribution in [3.05, 3.63) is 94.8 Å². The van der Waals surface area contributed by atoms with Crippen molar-refractivity contribution in [1.82, 2.24) is 14.8 Å². The standard InChI is InChI=1S/C29H31FN4O3/c1-33(2)13-14-34(3)18-19-7-10-23(11-8-19)31-28(21-6-4-5-20(15-21)16-26(35)36)27-24-12-9-22(30)17-25(24)32-29(27)37/h4-12,15,17,32,37H,13-14,16,18H2,1-3H3,(H,35,36). The Morgan fingerprint density at radius 2 is 1.73 bits per heavy atom. The van der Waals surface area contributed by atoms with E-state index in [1.54, 1.807) is 24.3 Å². The minimum atomic E-state index is -0.938. The summed E-state index contributed by atoms with van der Waals surface area (Å²) in [6.45, 7) is 2.72. The van der Waals surface area contributed by atoms with Gasteiger partial charge in [-0.3, -0.25) is 4.79 Å². The lowest BCUT2D eigenvalue weighted by molar-refractivity contribution is -0.136. The molecule has 0 aliphatic heterocycles. The first kappa shape index (κ1) is 26.1. The number of carboxylic acids is 1. The molecule has 0 spiro atoms. The topological polar surface area (TPSA) is 92.2 Å². The minimum Gasteiger partial charge on any atom is -0.494 e. The van der Waals surface area contributed by atoms with Crippen LogP contribution in [-0.2, 0) is 17.8 Å². The number of aromatic hydroxyl groups is 1. The molecule has 7 nitrogen and oxygen atoms in total. The van der Waals surface area contributed by atoms with Gasteiger partial charge in [-0.25, -0.2) is 9.38 Å². The second-order valence-electron chi connectivity index (χ2n) is 9.48. The third-order valence-corrected chi connectivity index (χ3v) is 6.09. The number of carbonyl (C=O) groups is 1. The quantitative estimate of drug-likeness (QED) is 0.271. The van der Waals surface area contributed by atoms with Crippen LogP contribution in [-0.4, -0.2) is 70.9 Å². The van der Waals surface area contributed by atoms with E-state index in [4.69, 9.17) is 4.99 Å². The summed E-state index contributed by atoms with van der Waals surface area (Å²) in [4.78, 5) is 23.4. The first-order chi connectivity index (χ1) is 17.7. The number of fused-ring (bicyclic) bond motifs is 1. The fraction of sp³-hybridized carbons (Fsp3) is 0.241. The van der Waals surface area contributed by atoms with Crippen molar-refractivity contribution in [3.8, 4) is 5.88 Å². The van der Waals surface area contributed by atoms with Crippen molar-refractivity contribution in [3.63, 3.8) is 0 Å². The number of aromatic nitrogens is 1. The molecule has 0 fully saturated rings. The number of likely N-dealkylation sites (N-methyl/N-ethyl adjacent to an activating group) is 2. The summed E-state index contributed by atoms with van der Waals surface area (Å²) < 4.78 is 13.8. The molecule has 3 aromatic carbocycles. The first-order valence-corrected chi connectivity index (χ1v) is 12.0. The van der Waals surface area contributed by atoms with Crippen molar-refractivity contribution in [2.24, 2.45) is 4.99 Å². The lowest BCUT2D eigenvalue weighted by atomic mass is 9.98. The average molecular weight is 503 g/mol. The maximum Gasteiger partial charge on any atom is 0.307 e. The molecule has 4 rings (SSSR count). The Morgan fingerprint density at radius 1 is 0.973 bits per heavy atom. The highest BCUT2D eigenvalue weighted by Crippen LogP contribution is 2.32. The first-order valence-electron chi connectivity index (χ1n) is 12.0. The molecule has 1 heterocycles. The maximum absolute atomic E-state index is 13.8. The summed E-state index contributed by atoms with van der Waals surface area (Å²) >= 11 is 0. The third kappa shape index (κ3) is 6.61. The Balaban J connectivity index is 1.74. The number of nitrogens with zero attached hydrogens (tertiary/aromatic N) is 3. The van der Waals surface area contributed by atoms with Crippen LogP contribution in [0.25, 0.3) is 10.9 Å². The average Bonchev–Trinajstić information content (AvgIpc) is 3.16. The van der Waals surface area contributed by atoms with Crippen LogP contribution in [0, 0.1) is 5.82 Å². The van der Waals surface area contributed by atoms with Crippen LogP contribution in [0.2, 0.25) is 0 Å². The van der Waals surface area contributed by atoms with Crippen LogP contribution in [0.4, 0.5) is 10.1 Å². The number of nitrogens with one attached hydrogen (secondary N) is 1. The van der Waals surface area contributed by atoms with Gasteiger partial charge in [0.25, 0.3) is 0 Å². The summed E-state index contributed by atoms with van der Waals surface area (Å²) in [6.07, 6.45) is -0.137. The fourth-order valence-corrected chi connectivity index (χ4v) is 4.23. The number of rotatable bonds is 10. The predicted octanol–water partition coefficient (Wildman–Crippen LogP) is 4.80. The van der Waals surface area contributed by atoms with E-state index >= 15 is 0 Å². The third-order valence-electron chi connectivity index (χ3n) is 6.09. The van der Waals surface area contributed by atoms with E-state index in [0.717, 1.165) is 25.2 Å². The Hall–Kier alpha value is -4.01. The predicted molar refractivity (Wildman–Crippen MR) is 144 cm³/mol. The Labute approximate surface area is 215 Å². The number of halogens is 1. The van der Waals surface area contributed by atoms with Gasteiger partial charge in [0.15, 0.2) is 5.88 Å². The van der Waals surface area contributed by atoms with Crippen LogP contribution in [0.1, 0.15) is 22.3 Å². The van der Waals surface area contributed by atoms with E-state index in [1.165, 1.54) is 12.1 Å². The van der Waals surface area contributed by atoms with Gasteiger partial charge in [0.2, 0.25) is 0 Å². The van der Waals surface area contributed by atoms with E-state index in [-0.39, 0.29) is 12.3 Å². The second kappa shape index (κ2) is 11.4. The van der Waals surface area contributed by atoms with Gasteiger partial charge in [-0.1, -0.05) is 30.3 Å². The van der Waals surface area contributed by atoms with E-state index in [0.29, 0.717) is 39.0 Å². The molecular weight excluding hydrogens is 471 g/mol. The molecule has 0 bridgehead atoms. The number of benzene rings is 3. The van der Waals surface area contributed by atoms with Gasteiger partial charge in [0.05, 0.1) is 28.9 Å². The minimum absolute atomic E-state index is 0.137. The van der Waals surface area contributed by atoms with Crippen molar-refractivity contribution in [2.45, 2.75) is 13.0 Å². The fourth-order valence-electron chi connectivity index (χ4n) is 4.23. The molecule has 192 valence electrons. The highest BCUT2D eigenvalue weighted by Gasteiger charge is 2.20. The lowest BCUT2D eigenvalue weighted by Gasteiger charge is -2.19. The summed E-state index contributed by atoms with van der Waals surface area (Å²) in [5.41, 5.74) is 4.40. The Bertz CT molecular complexity index is 1430. The molecule has 0 atom stereocenters. The van der Waals surface area contributed by atoms with Gasteiger partial charge in [0.1, 0.15) is 5.82 Å². The number of hydrogen-bond donors (Lipinski definition) is 3. The molecule has 37 heavy (non-hydrogen) atoms. The van der Waals surface area contributed by atoms with Crippen LogP contribution in [0.15, 0.2) is 71.7 Å². The normalized spacial score (nSPS) is 12.1. The van der Waals surface area contributed by atoms with Gasteiger partial charge >= 0.3 is 5.97 Å². The maximum atomic E-state index is 13.8. The highest BCUT2D eigenvalue weighted by molar-refractivity contribution is 6.22. The monoisotopic (exact) mass is 502 g/mol. The second-order valence-corrected chi connectivity index (χ2v) is 9.48. The van der Waals surface area contributed by atoms with Crippen molar-refractivity contribution < 1.29 is 19.4 Å². The van der Waals surface area contributed by atoms with E-state index in [9.17, 15) is 19.4 Å². The van der Waals surface area contributed by atoms with Crippen LogP contribution in [0.5, 0.6) is 5.88 Å². The van der Waals surface area contributed by atoms with Gasteiger partial charge in [-0.15, -0.1) is 0 Å². The molecule has 0 aliphatic rings. The zero-order valence-corrected chi connectivity index (χ0v) is 21.2. The van der Waals surface area contributed by atoms with Crippen LogP contribution < -0.4 is 0 Å². The number of aliphatic imine (C=N–C) groups is 1. The molecule has 4 aromatic rings. The van der Waals surface area contributed by atoms with Crippen molar-refractivity contribution in [1.29, 1.82) is 0 Å². The van der Waals surface area contributed by atoms with E-state index < -0.39 is 11.8 Å². The van der Waals surface area contributed by atoms with Crippen LogP contribution in [0.3, 0.4) is 0 Å². The molecule has 0 aliphatic carbocycles. The number of carboxylic acid groups (broad SMARTS) is 1. The van der Waals surface area contributed by atoms with Crippen molar-refractivity contribution >= 4 is 28.3 Å². The highest BCUT2D eigenvalue weighted by atomic mass is 19.1. The Kier molecular flexibility index (Phi) is 8.01. The number of H-pyrrole nitrogens is 1. The zero-order valence-electron chi connectivity index (χ0n) is 21.2. The zero-order chi connectivity index (χ0) is 26.5. The van der Waals surface area contributed by atoms with Crippen LogP contribution >= 0.6 is 0 Å². The Morgan fingerprint density at radius 3 is 2.43 bits per heavy atom. The summed E-state index contributed by atoms with van der Waals surface area (Å²) in [6, 6.07) is 19.2. The molecule has 3 N–H and O–H groups in total. The summed E-state index contributed by atoms with van der Waals surface area (Å²) in [5.74, 6) is -1.50. The molecular formula is C29H31FN4O3. The van der Waals surface area contributed by atoms with E-state index in [2.05, 4.69) is 35.9 Å². The van der Waals surface area contributed by atoms with Gasteiger partial charge in [0, 0.05) is 30.6 Å². The number of hydrogen-bond acceptors (Lipinski definition) is 5. The van der Waals surface area contributed by atoms with E-state index in [1.807, 2.05) is 30.3 Å². The SMILES string of the molecule is CN(C)CCN(C)Cc1ccc(N=C(c2cccc(CC(=O)O)c2)c2c(O)[nH]c3cc(F)ccc23)cc1. The lowest BCUT2D eigenvalue weighted by Crippen LogP contribution is -2.28. The van der Waals surface area contributed by atoms with Crippen molar-refractivity contribution in [2.75, 3.05) is 34.2 Å². The molecule has 8 heteroatoms.